The van der Waals surface area contributed by atoms with Gasteiger partial charge in [-0.25, -0.2) is 9.78 Å². The highest BCUT2D eigenvalue weighted by Crippen LogP contribution is 2.18. The second kappa shape index (κ2) is 7.17. The molecule has 0 spiro atoms. The Morgan fingerprint density at radius 1 is 1.38 bits per heavy atom. The van der Waals surface area contributed by atoms with Gasteiger partial charge in [-0.05, 0) is 37.3 Å². The molecule has 0 aromatic carbocycles. The van der Waals surface area contributed by atoms with E-state index in [4.69, 9.17) is 9.84 Å². The first-order chi connectivity index (χ1) is 10.1. The third-order valence-electron chi connectivity index (χ3n) is 3.79. The van der Waals surface area contributed by atoms with Crippen LogP contribution >= 0.6 is 0 Å². The molecule has 1 N–H and O–H groups in total. The van der Waals surface area contributed by atoms with Crippen LogP contribution in [0.15, 0.2) is 18.3 Å². The van der Waals surface area contributed by atoms with E-state index in [0.29, 0.717) is 18.0 Å². The van der Waals surface area contributed by atoms with Crippen molar-refractivity contribution < 1.29 is 19.4 Å². The van der Waals surface area contributed by atoms with E-state index in [2.05, 4.69) is 4.98 Å². The minimum atomic E-state index is -1.10. The fraction of sp³-hybridized carbons (Fsp3) is 0.533. The maximum absolute atomic E-state index is 12.2. The van der Waals surface area contributed by atoms with Gasteiger partial charge in [0.25, 0.3) is 5.91 Å². The topological polar surface area (TPSA) is 79.7 Å². The zero-order valence-corrected chi connectivity index (χ0v) is 12.1. The molecule has 0 aliphatic carbocycles. The van der Waals surface area contributed by atoms with Gasteiger partial charge in [-0.2, -0.15) is 0 Å². The van der Waals surface area contributed by atoms with Crippen molar-refractivity contribution in [1.82, 2.24) is 9.88 Å². The monoisotopic (exact) mass is 292 g/mol. The minimum absolute atomic E-state index is 0.0589. The van der Waals surface area contributed by atoms with Crippen molar-refractivity contribution in [2.75, 3.05) is 26.8 Å². The van der Waals surface area contributed by atoms with E-state index in [1.807, 2.05) is 0 Å². The van der Waals surface area contributed by atoms with E-state index in [-0.39, 0.29) is 11.6 Å². The van der Waals surface area contributed by atoms with Crippen LogP contribution in [0, 0.1) is 5.92 Å². The largest absolute Gasteiger partial charge is 0.477 e. The van der Waals surface area contributed by atoms with Crippen molar-refractivity contribution >= 4 is 11.9 Å². The highest BCUT2D eigenvalue weighted by Gasteiger charge is 2.17. The number of carboxylic acid groups (broad SMARTS) is 1. The predicted octanol–water partition coefficient (Wildman–Crippen LogP) is 1.67. The van der Waals surface area contributed by atoms with Crippen molar-refractivity contribution in [3.63, 3.8) is 0 Å². The number of nitrogens with zero attached hydrogens (tertiary/aromatic N) is 2. The minimum Gasteiger partial charge on any atom is -0.477 e. The number of hydrogen-bond donors (Lipinski definition) is 1. The number of rotatable bonds is 5. The third kappa shape index (κ3) is 4.26. The normalized spacial score (nSPS) is 15.7. The molecule has 6 nitrogen and oxygen atoms in total. The van der Waals surface area contributed by atoms with Crippen molar-refractivity contribution in [2.45, 2.75) is 19.3 Å². The summed E-state index contributed by atoms with van der Waals surface area (Å²) >= 11 is 0. The molecule has 1 aromatic rings. The Bertz CT molecular complexity index is 495. The van der Waals surface area contributed by atoms with Gasteiger partial charge in [0.2, 0.25) is 0 Å². The van der Waals surface area contributed by atoms with E-state index < -0.39 is 5.97 Å². The third-order valence-corrected chi connectivity index (χ3v) is 3.79. The molecule has 21 heavy (non-hydrogen) atoms. The maximum atomic E-state index is 12.2. The molecular weight excluding hydrogens is 272 g/mol. The summed E-state index contributed by atoms with van der Waals surface area (Å²) in [6.45, 7) is 2.30. The van der Waals surface area contributed by atoms with E-state index >= 15 is 0 Å². The van der Waals surface area contributed by atoms with E-state index in [0.717, 1.165) is 32.5 Å². The summed E-state index contributed by atoms with van der Waals surface area (Å²) in [6, 6.07) is 2.85. The Hall–Kier alpha value is -1.95. The molecule has 2 heterocycles. The average Bonchev–Trinajstić information content (AvgIpc) is 2.53. The summed E-state index contributed by atoms with van der Waals surface area (Å²) in [6.07, 6.45) is 4.39. The van der Waals surface area contributed by atoms with Crippen LogP contribution in [-0.2, 0) is 4.74 Å². The first-order valence-corrected chi connectivity index (χ1v) is 7.10. The zero-order chi connectivity index (χ0) is 15.2. The van der Waals surface area contributed by atoms with Gasteiger partial charge in [0.1, 0.15) is 5.69 Å². The fourth-order valence-corrected chi connectivity index (χ4v) is 2.38. The molecule has 1 aromatic heterocycles. The van der Waals surface area contributed by atoms with E-state index in [1.54, 1.807) is 11.9 Å². The molecule has 0 bridgehead atoms. The van der Waals surface area contributed by atoms with Gasteiger partial charge in [0.15, 0.2) is 0 Å². The number of aromatic nitrogens is 1. The molecule has 1 aliphatic rings. The van der Waals surface area contributed by atoms with Crippen LogP contribution in [0.4, 0.5) is 0 Å². The molecule has 2 rings (SSSR count). The quantitative estimate of drug-likeness (QED) is 0.893. The lowest BCUT2D eigenvalue weighted by Gasteiger charge is -2.24. The number of pyridine rings is 1. The molecule has 0 radical (unpaired) electrons. The second-order valence-electron chi connectivity index (χ2n) is 5.31. The summed E-state index contributed by atoms with van der Waals surface area (Å²) < 4.78 is 5.32. The van der Waals surface area contributed by atoms with Crippen molar-refractivity contribution in [3.05, 3.63) is 29.6 Å². The highest BCUT2D eigenvalue weighted by atomic mass is 16.5. The number of aromatic carboxylic acids is 1. The Balaban J connectivity index is 1.87. The van der Waals surface area contributed by atoms with Gasteiger partial charge in [-0.3, -0.25) is 4.79 Å². The van der Waals surface area contributed by atoms with Crippen LogP contribution in [0.5, 0.6) is 0 Å². The molecule has 1 fully saturated rings. The van der Waals surface area contributed by atoms with Crippen LogP contribution in [0.2, 0.25) is 0 Å². The Kier molecular flexibility index (Phi) is 5.27. The highest BCUT2D eigenvalue weighted by molar-refractivity contribution is 5.94. The molecular formula is C15H20N2O4. The van der Waals surface area contributed by atoms with Crippen LogP contribution in [0.3, 0.4) is 0 Å². The maximum Gasteiger partial charge on any atom is 0.354 e. The fourth-order valence-electron chi connectivity index (χ4n) is 2.38. The number of carboxylic acids is 1. The molecule has 0 atom stereocenters. The van der Waals surface area contributed by atoms with Crippen molar-refractivity contribution in [3.8, 4) is 0 Å². The SMILES string of the molecule is CN(CCC1CCOCC1)C(=O)c1ccc(C(=O)O)nc1. The predicted molar refractivity (Wildman–Crippen MR) is 76.3 cm³/mol. The van der Waals surface area contributed by atoms with Gasteiger partial charge in [0, 0.05) is 33.0 Å². The smallest absolute Gasteiger partial charge is 0.354 e. The molecule has 6 heteroatoms. The summed E-state index contributed by atoms with van der Waals surface area (Å²) in [7, 11) is 1.76. The van der Waals surface area contributed by atoms with Crippen LogP contribution in [0.1, 0.15) is 40.1 Å². The number of hydrogen-bond acceptors (Lipinski definition) is 4. The number of carbonyl (C=O) groups excluding carboxylic acids is 1. The van der Waals surface area contributed by atoms with Crippen LogP contribution in [-0.4, -0.2) is 53.7 Å². The Morgan fingerprint density at radius 2 is 2.10 bits per heavy atom. The average molecular weight is 292 g/mol. The van der Waals surface area contributed by atoms with Crippen LogP contribution < -0.4 is 0 Å². The van der Waals surface area contributed by atoms with Gasteiger partial charge >= 0.3 is 5.97 Å². The van der Waals surface area contributed by atoms with E-state index in [9.17, 15) is 9.59 Å². The van der Waals surface area contributed by atoms with Crippen molar-refractivity contribution in [1.29, 1.82) is 0 Å². The first kappa shape index (κ1) is 15.4. The van der Waals surface area contributed by atoms with Gasteiger partial charge in [0.05, 0.1) is 5.56 Å². The molecule has 0 saturated carbocycles. The van der Waals surface area contributed by atoms with Gasteiger partial charge in [-0.15, -0.1) is 0 Å². The first-order valence-electron chi connectivity index (χ1n) is 7.10. The summed E-state index contributed by atoms with van der Waals surface area (Å²) in [5, 5.41) is 8.78. The van der Waals surface area contributed by atoms with Crippen LogP contribution in [0.25, 0.3) is 0 Å². The standard InChI is InChI=1S/C15H20N2O4/c1-17(7-4-11-5-8-21-9-6-11)14(18)12-2-3-13(15(19)20)16-10-12/h2-3,10-11H,4-9H2,1H3,(H,19,20). The number of carbonyl (C=O) groups is 2. The Morgan fingerprint density at radius 3 is 2.67 bits per heavy atom. The summed E-state index contributed by atoms with van der Waals surface area (Å²) in [5.41, 5.74) is 0.353. The molecule has 1 amide bonds. The van der Waals surface area contributed by atoms with Gasteiger partial charge in [-0.1, -0.05) is 0 Å². The van der Waals surface area contributed by atoms with Gasteiger partial charge < -0.3 is 14.7 Å². The number of ether oxygens (including phenoxy) is 1. The molecule has 0 unspecified atom stereocenters. The lowest BCUT2D eigenvalue weighted by Crippen LogP contribution is -2.30. The molecule has 114 valence electrons. The molecule has 1 saturated heterocycles. The lowest BCUT2D eigenvalue weighted by atomic mass is 9.96. The van der Waals surface area contributed by atoms with E-state index in [1.165, 1.54) is 18.3 Å². The molecule has 1 aliphatic heterocycles. The second-order valence-corrected chi connectivity index (χ2v) is 5.31. The summed E-state index contributed by atoms with van der Waals surface area (Å²) in [4.78, 5) is 28.4. The summed E-state index contributed by atoms with van der Waals surface area (Å²) in [5.74, 6) is -0.616. The Labute approximate surface area is 123 Å². The lowest BCUT2D eigenvalue weighted by molar-refractivity contribution is 0.0582. The number of amides is 1. The van der Waals surface area contributed by atoms with Crippen molar-refractivity contribution in [2.24, 2.45) is 5.92 Å². The zero-order valence-electron chi connectivity index (χ0n) is 12.1.